The fourth-order valence-corrected chi connectivity index (χ4v) is 2.81. The molecule has 3 aromatic rings. The quantitative estimate of drug-likeness (QED) is 0.616. The van der Waals surface area contributed by atoms with Gasteiger partial charge >= 0.3 is 0 Å². The zero-order valence-electron chi connectivity index (χ0n) is 11.7. The Balaban J connectivity index is 2.21. The van der Waals surface area contributed by atoms with Gasteiger partial charge in [-0.2, -0.15) is 0 Å². The van der Waals surface area contributed by atoms with Gasteiger partial charge in [-0.05, 0) is 25.5 Å². The minimum absolute atomic E-state index is 1.09. The first kappa shape index (κ1) is 12.2. The summed E-state index contributed by atoms with van der Waals surface area (Å²) in [6.45, 7) is 5.39. The van der Waals surface area contributed by atoms with Crippen LogP contribution in [0.25, 0.3) is 21.8 Å². The Hall–Kier alpha value is -1.83. The first-order chi connectivity index (χ1) is 9.31. The van der Waals surface area contributed by atoms with Crippen molar-refractivity contribution < 1.29 is 0 Å². The molecule has 0 unspecified atom stereocenters. The average Bonchev–Trinajstić information content (AvgIpc) is 2.73. The Morgan fingerprint density at radius 3 is 2.74 bits per heavy atom. The predicted octanol–water partition coefficient (Wildman–Crippen LogP) is 4.69. The van der Waals surface area contributed by atoms with E-state index in [0.717, 1.165) is 12.2 Å². The zero-order chi connectivity index (χ0) is 13.2. The second kappa shape index (κ2) is 5.04. The summed E-state index contributed by atoms with van der Waals surface area (Å²) in [5, 5.41) is 2.68. The summed E-state index contributed by atoms with van der Waals surface area (Å²) in [6.07, 6.45) is 5.80. The molecule has 0 atom stereocenters. The molecule has 0 aliphatic carbocycles. The third-order valence-electron chi connectivity index (χ3n) is 3.78. The minimum atomic E-state index is 1.09. The lowest BCUT2D eigenvalue weighted by Gasteiger charge is -2.06. The molecule has 0 radical (unpaired) electrons. The molecule has 0 spiro atoms. The molecule has 2 heterocycles. The fourth-order valence-electron chi connectivity index (χ4n) is 2.81. The van der Waals surface area contributed by atoms with Crippen LogP contribution in [0.4, 0.5) is 0 Å². The number of para-hydroxylation sites is 1. The maximum Gasteiger partial charge on any atom is 0.0678 e. The highest BCUT2D eigenvalue weighted by Crippen LogP contribution is 2.29. The van der Waals surface area contributed by atoms with Gasteiger partial charge in [-0.25, -0.2) is 0 Å². The molecule has 2 heteroatoms. The number of hydrogen-bond donors (Lipinski definition) is 0. The first-order valence-electron chi connectivity index (χ1n) is 7.15. The highest BCUT2D eigenvalue weighted by Gasteiger charge is 2.10. The Morgan fingerprint density at radius 2 is 1.89 bits per heavy atom. The van der Waals surface area contributed by atoms with Crippen LogP contribution < -0.4 is 0 Å². The van der Waals surface area contributed by atoms with Gasteiger partial charge in [0.2, 0.25) is 0 Å². The van der Waals surface area contributed by atoms with Crippen molar-refractivity contribution in [3.05, 3.63) is 42.2 Å². The molecule has 2 aromatic heterocycles. The van der Waals surface area contributed by atoms with Crippen molar-refractivity contribution in [3.63, 3.8) is 0 Å². The van der Waals surface area contributed by atoms with Crippen molar-refractivity contribution in [3.8, 4) is 0 Å². The largest absolute Gasteiger partial charge is 0.339 e. The van der Waals surface area contributed by atoms with E-state index in [0.29, 0.717) is 0 Å². The number of hydrogen-bond acceptors (Lipinski definition) is 1. The third kappa shape index (κ3) is 2.12. The molecular formula is C17H20N2. The fraction of sp³-hybridized carbons (Fsp3) is 0.353. The van der Waals surface area contributed by atoms with Gasteiger partial charge in [0, 0.05) is 28.5 Å². The van der Waals surface area contributed by atoms with Gasteiger partial charge in [0.25, 0.3) is 0 Å². The molecule has 0 fully saturated rings. The topological polar surface area (TPSA) is 17.8 Å². The molecule has 3 rings (SSSR count). The van der Waals surface area contributed by atoms with E-state index in [9.17, 15) is 0 Å². The maximum absolute atomic E-state index is 4.47. The van der Waals surface area contributed by atoms with Crippen molar-refractivity contribution in [2.75, 3.05) is 0 Å². The second-order valence-electron chi connectivity index (χ2n) is 5.22. The van der Waals surface area contributed by atoms with Crippen molar-refractivity contribution in [2.24, 2.45) is 0 Å². The van der Waals surface area contributed by atoms with Crippen LogP contribution in [0.1, 0.15) is 31.9 Å². The molecule has 98 valence electrons. The molecule has 2 nitrogen and oxygen atoms in total. The maximum atomic E-state index is 4.47. The van der Waals surface area contributed by atoms with E-state index in [1.807, 2.05) is 6.20 Å². The van der Waals surface area contributed by atoms with Crippen LogP contribution in [-0.2, 0) is 6.54 Å². The zero-order valence-corrected chi connectivity index (χ0v) is 11.7. The standard InChI is InChI=1S/C17H20N2/c1-3-4-7-10-19-16-9-6-5-8-14(16)15-11-13(2)18-12-17(15)19/h5-6,8-9,11-12H,3-4,7,10H2,1-2H3. The van der Waals surface area contributed by atoms with E-state index < -0.39 is 0 Å². The summed E-state index contributed by atoms with van der Waals surface area (Å²) < 4.78 is 2.42. The smallest absolute Gasteiger partial charge is 0.0678 e. The Morgan fingerprint density at radius 1 is 1.05 bits per heavy atom. The molecule has 0 aliphatic rings. The number of benzene rings is 1. The number of unbranched alkanes of at least 4 members (excludes halogenated alkanes) is 2. The van der Waals surface area contributed by atoms with Crippen LogP contribution in [-0.4, -0.2) is 9.55 Å². The highest BCUT2D eigenvalue weighted by molar-refractivity contribution is 6.07. The van der Waals surface area contributed by atoms with Gasteiger partial charge in [0.15, 0.2) is 0 Å². The second-order valence-corrected chi connectivity index (χ2v) is 5.22. The van der Waals surface area contributed by atoms with Gasteiger partial charge in [-0.15, -0.1) is 0 Å². The number of fused-ring (bicyclic) bond motifs is 3. The van der Waals surface area contributed by atoms with Crippen LogP contribution in [0.5, 0.6) is 0 Å². The summed E-state index contributed by atoms with van der Waals surface area (Å²) >= 11 is 0. The number of aryl methyl sites for hydroxylation is 2. The Labute approximate surface area is 114 Å². The lowest BCUT2D eigenvalue weighted by atomic mass is 10.2. The average molecular weight is 252 g/mol. The highest BCUT2D eigenvalue weighted by atomic mass is 15.0. The summed E-state index contributed by atoms with van der Waals surface area (Å²) in [5.74, 6) is 0. The molecule has 0 amide bonds. The molecular weight excluding hydrogens is 232 g/mol. The minimum Gasteiger partial charge on any atom is -0.339 e. The van der Waals surface area contributed by atoms with Crippen molar-refractivity contribution in [1.29, 1.82) is 0 Å². The van der Waals surface area contributed by atoms with E-state index in [1.165, 1.54) is 41.1 Å². The molecule has 19 heavy (non-hydrogen) atoms. The van der Waals surface area contributed by atoms with Crippen LogP contribution in [0.2, 0.25) is 0 Å². The monoisotopic (exact) mass is 252 g/mol. The van der Waals surface area contributed by atoms with Crippen LogP contribution >= 0.6 is 0 Å². The number of rotatable bonds is 4. The van der Waals surface area contributed by atoms with E-state index in [4.69, 9.17) is 0 Å². The Kier molecular flexibility index (Phi) is 3.24. The summed E-state index contributed by atoms with van der Waals surface area (Å²) in [7, 11) is 0. The summed E-state index contributed by atoms with van der Waals surface area (Å²) in [5.41, 5.74) is 3.69. The van der Waals surface area contributed by atoms with Gasteiger partial charge in [-0.1, -0.05) is 38.0 Å². The van der Waals surface area contributed by atoms with Gasteiger partial charge in [0.05, 0.1) is 11.7 Å². The molecule has 0 saturated carbocycles. The molecule has 0 aliphatic heterocycles. The summed E-state index contributed by atoms with van der Waals surface area (Å²) in [4.78, 5) is 4.47. The lowest BCUT2D eigenvalue weighted by Crippen LogP contribution is -1.97. The number of aromatic nitrogens is 2. The van der Waals surface area contributed by atoms with Crippen LogP contribution in [0, 0.1) is 6.92 Å². The summed E-state index contributed by atoms with van der Waals surface area (Å²) in [6, 6.07) is 10.9. The normalized spacial score (nSPS) is 11.5. The number of nitrogens with zero attached hydrogens (tertiary/aromatic N) is 2. The van der Waals surface area contributed by atoms with Gasteiger partial charge in [-0.3, -0.25) is 4.98 Å². The first-order valence-corrected chi connectivity index (χ1v) is 7.15. The molecule has 0 bridgehead atoms. The van der Waals surface area contributed by atoms with Crippen LogP contribution in [0.15, 0.2) is 36.5 Å². The van der Waals surface area contributed by atoms with Crippen molar-refractivity contribution in [1.82, 2.24) is 9.55 Å². The predicted molar refractivity (Wildman–Crippen MR) is 81.5 cm³/mol. The van der Waals surface area contributed by atoms with E-state index in [2.05, 4.69) is 53.7 Å². The lowest BCUT2D eigenvalue weighted by molar-refractivity contribution is 0.627. The van der Waals surface area contributed by atoms with E-state index in [-0.39, 0.29) is 0 Å². The van der Waals surface area contributed by atoms with Crippen molar-refractivity contribution in [2.45, 2.75) is 39.7 Å². The SMILES string of the molecule is CCCCCn1c2ccccc2c2cc(C)ncc21. The third-order valence-corrected chi connectivity index (χ3v) is 3.78. The van der Waals surface area contributed by atoms with Crippen molar-refractivity contribution >= 4 is 21.8 Å². The molecule has 0 saturated heterocycles. The van der Waals surface area contributed by atoms with Crippen LogP contribution in [0.3, 0.4) is 0 Å². The molecule has 1 aromatic carbocycles. The number of pyridine rings is 1. The van der Waals surface area contributed by atoms with Gasteiger partial charge in [0.1, 0.15) is 0 Å². The van der Waals surface area contributed by atoms with E-state index in [1.54, 1.807) is 0 Å². The van der Waals surface area contributed by atoms with Gasteiger partial charge < -0.3 is 4.57 Å². The Bertz CT molecular complexity index is 710. The molecule has 0 N–H and O–H groups in total. The van der Waals surface area contributed by atoms with E-state index >= 15 is 0 Å².